The zero-order valence-electron chi connectivity index (χ0n) is 14.5. The SMILES string of the molecule is CCCCCCCCOc1ccc(COc2ccc(S)cc2)cc1. The first-order valence-corrected chi connectivity index (χ1v) is 9.36. The lowest BCUT2D eigenvalue weighted by Gasteiger charge is -2.09. The van der Waals surface area contributed by atoms with Crippen LogP contribution < -0.4 is 9.47 Å². The second-order valence-electron chi connectivity index (χ2n) is 6.04. The van der Waals surface area contributed by atoms with Crippen molar-refractivity contribution >= 4 is 12.6 Å². The number of hydrogen-bond donors (Lipinski definition) is 1. The minimum absolute atomic E-state index is 0.559. The van der Waals surface area contributed by atoms with Crippen LogP contribution in [0.5, 0.6) is 11.5 Å². The van der Waals surface area contributed by atoms with E-state index in [1.165, 1.54) is 32.1 Å². The summed E-state index contributed by atoms with van der Waals surface area (Å²) >= 11 is 4.27. The Hall–Kier alpha value is -1.61. The summed E-state index contributed by atoms with van der Waals surface area (Å²) in [6.07, 6.45) is 7.71. The van der Waals surface area contributed by atoms with Crippen LogP contribution in [0.2, 0.25) is 0 Å². The molecule has 0 radical (unpaired) electrons. The van der Waals surface area contributed by atoms with Gasteiger partial charge in [0.1, 0.15) is 18.1 Å². The highest BCUT2D eigenvalue weighted by Gasteiger charge is 1.98. The van der Waals surface area contributed by atoms with Crippen LogP contribution in [0.4, 0.5) is 0 Å². The molecule has 2 aromatic carbocycles. The molecule has 0 N–H and O–H groups in total. The summed E-state index contributed by atoms with van der Waals surface area (Å²) in [5.41, 5.74) is 1.14. The van der Waals surface area contributed by atoms with E-state index in [0.717, 1.165) is 35.0 Å². The van der Waals surface area contributed by atoms with Crippen molar-refractivity contribution in [1.29, 1.82) is 0 Å². The lowest BCUT2D eigenvalue weighted by atomic mass is 10.1. The van der Waals surface area contributed by atoms with Gasteiger partial charge in [-0.2, -0.15) is 0 Å². The van der Waals surface area contributed by atoms with Gasteiger partial charge in [0.05, 0.1) is 6.61 Å². The maximum Gasteiger partial charge on any atom is 0.119 e. The Bertz CT molecular complexity index is 563. The van der Waals surface area contributed by atoms with Crippen molar-refractivity contribution < 1.29 is 9.47 Å². The summed E-state index contributed by atoms with van der Waals surface area (Å²) in [5, 5.41) is 0. The van der Waals surface area contributed by atoms with E-state index in [9.17, 15) is 0 Å². The third-order valence-electron chi connectivity index (χ3n) is 3.93. The Morgan fingerprint density at radius 2 is 1.29 bits per heavy atom. The fraction of sp³-hybridized carbons (Fsp3) is 0.429. The molecule has 0 atom stereocenters. The van der Waals surface area contributed by atoms with Crippen LogP contribution >= 0.6 is 12.6 Å². The minimum Gasteiger partial charge on any atom is -0.494 e. The topological polar surface area (TPSA) is 18.5 Å². The van der Waals surface area contributed by atoms with Crippen molar-refractivity contribution in [3.63, 3.8) is 0 Å². The molecule has 0 aliphatic rings. The first-order chi connectivity index (χ1) is 11.8. The summed E-state index contributed by atoms with van der Waals surface area (Å²) in [4.78, 5) is 0.939. The van der Waals surface area contributed by atoms with Gasteiger partial charge < -0.3 is 9.47 Å². The maximum atomic E-state index is 5.79. The molecular weight excluding hydrogens is 316 g/mol. The molecule has 0 fully saturated rings. The van der Waals surface area contributed by atoms with E-state index < -0.39 is 0 Å². The predicted molar refractivity (Wildman–Crippen MR) is 103 cm³/mol. The highest BCUT2D eigenvalue weighted by atomic mass is 32.1. The third-order valence-corrected chi connectivity index (χ3v) is 4.23. The molecule has 2 aromatic rings. The maximum absolute atomic E-state index is 5.79. The fourth-order valence-electron chi connectivity index (χ4n) is 2.46. The Morgan fingerprint density at radius 1 is 0.708 bits per heavy atom. The van der Waals surface area contributed by atoms with Crippen LogP contribution in [0.25, 0.3) is 0 Å². The van der Waals surface area contributed by atoms with Crippen molar-refractivity contribution in [3.8, 4) is 11.5 Å². The van der Waals surface area contributed by atoms with Crippen molar-refractivity contribution in [2.75, 3.05) is 6.61 Å². The van der Waals surface area contributed by atoms with Gasteiger partial charge in [0.2, 0.25) is 0 Å². The Balaban J connectivity index is 1.64. The summed E-state index contributed by atoms with van der Waals surface area (Å²) in [6.45, 7) is 3.61. The van der Waals surface area contributed by atoms with E-state index in [4.69, 9.17) is 9.47 Å². The lowest BCUT2D eigenvalue weighted by molar-refractivity contribution is 0.300. The van der Waals surface area contributed by atoms with Crippen LogP contribution in [0.3, 0.4) is 0 Å². The minimum atomic E-state index is 0.559. The van der Waals surface area contributed by atoms with Gasteiger partial charge in [-0.3, -0.25) is 0 Å². The third kappa shape index (κ3) is 7.31. The molecule has 0 aliphatic carbocycles. The molecule has 3 heteroatoms. The van der Waals surface area contributed by atoms with Crippen LogP contribution in [-0.2, 0) is 6.61 Å². The predicted octanol–water partition coefficient (Wildman–Crippen LogP) is 6.29. The molecule has 2 rings (SSSR count). The number of ether oxygens (including phenoxy) is 2. The Morgan fingerprint density at radius 3 is 2.00 bits per heavy atom. The van der Waals surface area contributed by atoms with Crippen molar-refractivity contribution in [3.05, 3.63) is 54.1 Å². The molecule has 24 heavy (non-hydrogen) atoms. The largest absolute Gasteiger partial charge is 0.494 e. The second kappa shape index (κ2) is 11.0. The van der Waals surface area contributed by atoms with Crippen LogP contribution in [0.15, 0.2) is 53.4 Å². The van der Waals surface area contributed by atoms with Crippen molar-refractivity contribution in [2.45, 2.75) is 57.0 Å². The zero-order valence-corrected chi connectivity index (χ0v) is 15.4. The average Bonchev–Trinajstić information content (AvgIpc) is 2.61. The molecule has 0 spiro atoms. The standard InChI is InChI=1S/C21H28O2S/c1-2-3-4-5-6-7-16-22-19-10-8-18(9-11-19)17-23-20-12-14-21(24)15-13-20/h8-15,24H,2-7,16-17H2,1H3. The van der Waals surface area contributed by atoms with Gasteiger partial charge in [-0.15, -0.1) is 12.6 Å². The van der Waals surface area contributed by atoms with Gasteiger partial charge >= 0.3 is 0 Å². The summed E-state index contributed by atoms with van der Waals surface area (Å²) in [6, 6.07) is 15.9. The molecule has 2 nitrogen and oxygen atoms in total. The molecule has 0 bridgehead atoms. The molecule has 0 saturated heterocycles. The zero-order chi connectivity index (χ0) is 17.0. The number of unbranched alkanes of at least 4 members (excludes halogenated alkanes) is 5. The van der Waals surface area contributed by atoms with Gasteiger partial charge in [0.15, 0.2) is 0 Å². The van der Waals surface area contributed by atoms with E-state index in [-0.39, 0.29) is 0 Å². The van der Waals surface area contributed by atoms with Gasteiger partial charge in [0.25, 0.3) is 0 Å². The summed E-state index contributed by atoms with van der Waals surface area (Å²) in [5.74, 6) is 1.79. The average molecular weight is 345 g/mol. The first-order valence-electron chi connectivity index (χ1n) is 8.91. The number of rotatable bonds is 11. The summed E-state index contributed by atoms with van der Waals surface area (Å²) < 4.78 is 11.6. The molecule has 0 unspecified atom stereocenters. The quantitative estimate of drug-likeness (QED) is 0.381. The normalized spacial score (nSPS) is 10.6. The molecule has 0 aromatic heterocycles. The Kier molecular flexibility index (Phi) is 8.61. The van der Waals surface area contributed by atoms with Gasteiger partial charge in [-0.1, -0.05) is 51.2 Å². The molecule has 0 saturated carbocycles. The van der Waals surface area contributed by atoms with E-state index in [1.54, 1.807) is 0 Å². The van der Waals surface area contributed by atoms with Crippen molar-refractivity contribution in [1.82, 2.24) is 0 Å². The number of thiol groups is 1. The smallest absolute Gasteiger partial charge is 0.119 e. The molecule has 130 valence electrons. The lowest BCUT2D eigenvalue weighted by Crippen LogP contribution is -1.98. The molecule has 0 aliphatic heterocycles. The van der Waals surface area contributed by atoms with Gasteiger partial charge in [-0.25, -0.2) is 0 Å². The van der Waals surface area contributed by atoms with Crippen LogP contribution in [0.1, 0.15) is 51.0 Å². The Labute approximate surface area is 151 Å². The second-order valence-corrected chi connectivity index (χ2v) is 6.56. The molecule has 0 heterocycles. The molecule has 0 amide bonds. The van der Waals surface area contributed by atoms with Crippen LogP contribution in [0, 0.1) is 0 Å². The van der Waals surface area contributed by atoms with E-state index in [1.807, 2.05) is 36.4 Å². The van der Waals surface area contributed by atoms with Crippen molar-refractivity contribution in [2.24, 2.45) is 0 Å². The highest BCUT2D eigenvalue weighted by molar-refractivity contribution is 7.80. The van der Waals surface area contributed by atoms with E-state index >= 15 is 0 Å². The van der Waals surface area contributed by atoms with E-state index in [2.05, 4.69) is 31.7 Å². The van der Waals surface area contributed by atoms with Gasteiger partial charge in [-0.05, 0) is 48.4 Å². The summed E-state index contributed by atoms with van der Waals surface area (Å²) in [7, 11) is 0. The number of hydrogen-bond acceptors (Lipinski definition) is 3. The fourth-order valence-corrected chi connectivity index (χ4v) is 2.61. The molecular formula is C21H28O2S. The monoisotopic (exact) mass is 344 g/mol. The van der Waals surface area contributed by atoms with E-state index in [0.29, 0.717) is 6.61 Å². The van der Waals surface area contributed by atoms with Crippen LogP contribution in [-0.4, -0.2) is 6.61 Å². The highest BCUT2D eigenvalue weighted by Crippen LogP contribution is 2.18. The number of benzene rings is 2. The first kappa shape index (κ1) is 18.7. The van der Waals surface area contributed by atoms with Gasteiger partial charge in [0, 0.05) is 4.90 Å².